The van der Waals surface area contributed by atoms with Crippen molar-refractivity contribution in [1.82, 2.24) is 9.55 Å². The van der Waals surface area contributed by atoms with Crippen LogP contribution in [0.3, 0.4) is 0 Å². The average Bonchev–Trinajstić information content (AvgIpc) is 2.82. The topological polar surface area (TPSA) is 233 Å². The van der Waals surface area contributed by atoms with Gasteiger partial charge in [-0.2, -0.15) is 9.29 Å². The van der Waals surface area contributed by atoms with Crippen molar-refractivity contribution in [3.8, 4) is 0 Å². The molecule has 0 aliphatic carbocycles. The van der Waals surface area contributed by atoms with Gasteiger partial charge in [0.1, 0.15) is 18.1 Å². The van der Waals surface area contributed by atoms with Crippen molar-refractivity contribution >= 4 is 40.0 Å². The molecule has 160 valence electrons. The molecule has 0 amide bonds. The van der Waals surface area contributed by atoms with Crippen molar-refractivity contribution in [1.29, 1.82) is 0 Å². The molecule has 1 aliphatic heterocycles. The predicted octanol–water partition coefficient (Wildman–Crippen LogP) is -1.07. The molecule has 2 rings (SSSR count). The van der Waals surface area contributed by atoms with Crippen molar-refractivity contribution in [2.24, 2.45) is 0 Å². The third-order valence-electron chi connectivity index (χ3n) is 3.18. The van der Waals surface area contributed by atoms with E-state index in [-0.39, 0.29) is 12.2 Å². The Kier molecular flexibility index (Phi) is 7.33. The number of aliphatic hydroxyl groups excluding tert-OH is 1. The van der Waals surface area contributed by atoms with Crippen LogP contribution >= 0.6 is 22.4 Å². The summed E-state index contributed by atoms with van der Waals surface area (Å²) in [4.78, 5) is 51.2. The maximum absolute atomic E-state index is 11.8. The highest BCUT2D eigenvalue weighted by atomic mass is 32.5. The molecular weight excluding hydrogens is 467 g/mol. The Morgan fingerprint density at radius 3 is 2.54 bits per heavy atom. The number of nitrogens with two attached hydrogens (primary N) is 1. The molecule has 5 atom stereocenters. The van der Waals surface area contributed by atoms with Crippen LogP contribution in [0, 0.1) is 0 Å². The lowest BCUT2D eigenvalue weighted by Gasteiger charge is -2.21. The number of aromatic nitrogens is 2. The summed E-state index contributed by atoms with van der Waals surface area (Å²) in [6, 6.07) is 1.34. The van der Waals surface area contributed by atoms with Gasteiger partial charge in [-0.05, 0) is 17.9 Å². The van der Waals surface area contributed by atoms with E-state index in [0.29, 0.717) is 0 Å². The van der Waals surface area contributed by atoms with E-state index >= 15 is 0 Å². The van der Waals surface area contributed by atoms with Crippen LogP contribution in [0.1, 0.15) is 12.6 Å². The van der Waals surface area contributed by atoms with Gasteiger partial charge in [0.2, 0.25) is 0 Å². The molecular formula is C9H16N3O12P3S. The van der Waals surface area contributed by atoms with E-state index in [1.54, 1.807) is 0 Å². The highest BCUT2D eigenvalue weighted by Crippen LogP contribution is 2.66. The summed E-state index contributed by atoms with van der Waals surface area (Å²) < 4.78 is 40.8. The number of hydrogen-bond donors (Lipinski definition) is 6. The van der Waals surface area contributed by atoms with E-state index in [4.69, 9.17) is 24.8 Å². The summed E-state index contributed by atoms with van der Waals surface area (Å²) >= 11 is 4.45. The van der Waals surface area contributed by atoms with Gasteiger partial charge < -0.3 is 39.7 Å². The van der Waals surface area contributed by atoms with Gasteiger partial charge in [0.05, 0.1) is 12.7 Å². The monoisotopic (exact) mass is 483 g/mol. The molecule has 0 bridgehead atoms. The van der Waals surface area contributed by atoms with Crippen LogP contribution in [0.2, 0.25) is 0 Å². The Bertz CT molecular complexity index is 919. The smallest absolute Gasteiger partial charge is 0.390 e. The van der Waals surface area contributed by atoms with Crippen LogP contribution in [0.5, 0.6) is 0 Å². The molecule has 19 heteroatoms. The molecule has 7 N–H and O–H groups in total. The van der Waals surface area contributed by atoms with Crippen LogP contribution in [-0.4, -0.2) is 53.0 Å². The number of aliphatic hydroxyl groups is 1. The molecule has 0 spiro atoms. The first kappa shape index (κ1) is 23.7. The number of ether oxygens (including phenoxy) is 1. The van der Waals surface area contributed by atoms with E-state index in [9.17, 15) is 28.8 Å². The van der Waals surface area contributed by atoms with Crippen molar-refractivity contribution in [2.75, 3.05) is 12.3 Å². The van der Waals surface area contributed by atoms with E-state index in [1.165, 1.54) is 12.3 Å². The van der Waals surface area contributed by atoms with Crippen LogP contribution in [-0.2, 0) is 38.8 Å². The first-order valence-electron chi connectivity index (χ1n) is 7.14. The van der Waals surface area contributed by atoms with Crippen LogP contribution in [0.4, 0.5) is 5.82 Å². The minimum absolute atomic E-state index is 0.0104. The fourth-order valence-electron chi connectivity index (χ4n) is 2.15. The third kappa shape index (κ3) is 7.04. The Hall–Kier alpha value is -0.570. The van der Waals surface area contributed by atoms with E-state index in [0.717, 1.165) is 4.57 Å². The lowest BCUT2D eigenvalue weighted by Crippen LogP contribution is -2.28. The van der Waals surface area contributed by atoms with Crippen LogP contribution < -0.4 is 11.4 Å². The molecule has 1 aromatic heterocycles. The Labute approximate surface area is 161 Å². The second-order valence-corrected chi connectivity index (χ2v) is 11.2. The van der Waals surface area contributed by atoms with Crippen LogP contribution in [0.25, 0.3) is 0 Å². The number of nitrogen functional groups attached to an aromatic ring is 1. The third-order valence-corrected chi connectivity index (χ3v) is 7.90. The Morgan fingerprint density at radius 2 is 1.96 bits per heavy atom. The zero-order valence-electron chi connectivity index (χ0n) is 13.6. The van der Waals surface area contributed by atoms with Gasteiger partial charge in [0, 0.05) is 12.6 Å². The number of anilines is 1. The van der Waals surface area contributed by atoms with Gasteiger partial charge in [-0.1, -0.05) is 0 Å². The van der Waals surface area contributed by atoms with Gasteiger partial charge in [-0.15, -0.1) is 0 Å². The summed E-state index contributed by atoms with van der Waals surface area (Å²) in [7, 11) is -10.9. The molecule has 1 aliphatic rings. The molecule has 2 heterocycles. The molecule has 0 saturated carbocycles. The van der Waals surface area contributed by atoms with Crippen molar-refractivity contribution < 1.29 is 51.7 Å². The number of phosphoric acid groups is 2. The highest BCUT2D eigenvalue weighted by molar-refractivity contribution is 8.08. The minimum atomic E-state index is -5.45. The first-order valence-corrected chi connectivity index (χ1v) is 12.8. The second-order valence-electron chi connectivity index (χ2n) is 5.36. The highest BCUT2D eigenvalue weighted by Gasteiger charge is 2.40. The van der Waals surface area contributed by atoms with Gasteiger partial charge in [0.15, 0.2) is 0 Å². The van der Waals surface area contributed by atoms with E-state index in [1.807, 2.05) is 0 Å². The molecule has 1 saturated heterocycles. The second kappa shape index (κ2) is 8.66. The summed E-state index contributed by atoms with van der Waals surface area (Å²) in [6.07, 6.45) is -2.02. The minimum Gasteiger partial charge on any atom is -0.390 e. The number of rotatable bonds is 8. The predicted molar refractivity (Wildman–Crippen MR) is 93.9 cm³/mol. The summed E-state index contributed by atoms with van der Waals surface area (Å²) in [5.41, 5.74) is 4.65. The number of hydrogen-bond acceptors (Lipinski definition) is 11. The van der Waals surface area contributed by atoms with Gasteiger partial charge in [0.25, 0.3) is 0 Å². The van der Waals surface area contributed by atoms with E-state index in [2.05, 4.69) is 25.4 Å². The average molecular weight is 483 g/mol. The normalized spacial score (nSPS) is 27.2. The fourth-order valence-corrected chi connectivity index (χ4v) is 6.12. The lowest BCUT2D eigenvalue weighted by atomic mass is 10.2. The van der Waals surface area contributed by atoms with Crippen molar-refractivity contribution in [2.45, 2.75) is 24.9 Å². The Balaban J connectivity index is 1.98. The van der Waals surface area contributed by atoms with Gasteiger partial charge in [-0.25, -0.2) is 18.2 Å². The first-order chi connectivity index (χ1) is 12.7. The molecule has 5 unspecified atom stereocenters. The largest absolute Gasteiger partial charge is 0.488 e. The van der Waals surface area contributed by atoms with Crippen molar-refractivity contribution in [3.63, 3.8) is 0 Å². The SMILES string of the molecule is Nc1ccn(C2CC(O)C(COP(O)(=S)OP(=O)(O)OP(=O)(O)O)O2)c(=O)n1. The molecule has 0 radical (unpaired) electrons. The van der Waals surface area contributed by atoms with Gasteiger partial charge >= 0.3 is 28.1 Å². The summed E-state index contributed by atoms with van der Waals surface area (Å²) in [6.45, 7) is -5.16. The van der Waals surface area contributed by atoms with Gasteiger partial charge in [-0.3, -0.25) is 4.57 Å². The molecule has 1 fully saturated rings. The quantitative estimate of drug-likeness (QED) is 0.242. The zero-order chi connectivity index (χ0) is 21.3. The number of nitrogens with zero attached hydrogens (tertiary/aromatic N) is 2. The molecule has 28 heavy (non-hydrogen) atoms. The maximum atomic E-state index is 11.8. The molecule has 15 nitrogen and oxygen atoms in total. The Morgan fingerprint density at radius 1 is 1.32 bits per heavy atom. The summed E-state index contributed by atoms with van der Waals surface area (Å²) in [5.74, 6) is -0.0104. The standard InChI is InChI=1S/C9H16N3O12P3S/c10-7-1-2-12(9(14)11-7)8-3-5(13)6(22-8)4-21-27(20,28)24-26(18,19)23-25(15,16)17/h1-2,5-6,8,13H,3-4H2,(H,18,19)(H,20,28)(H2,10,11,14)(H2,15,16,17). The molecule has 0 aromatic carbocycles. The van der Waals surface area contributed by atoms with Crippen molar-refractivity contribution in [3.05, 3.63) is 22.7 Å². The molecule has 1 aromatic rings. The lowest BCUT2D eigenvalue weighted by molar-refractivity contribution is -0.0426. The fraction of sp³-hybridized carbons (Fsp3) is 0.556. The van der Waals surface area contributed by atoms with E-state index < -0.39 is 53.1 Å². The maximum Gasteiger partial charge on any atom is 0.488 e. The van der Waals surface area contributed by atoms with Crippen LogP contribution in [0.15, 0.2) is 17.1 Å². The summed E-state index contributed by atoms with van der Waals surface area (Å²) in [5, 5.41) is 10.0. The zero-order valence-corrected chi connectivity index (χ0v) is 17.1.